The third-order valence-corrected chi connectivity index (χ3v) is 3.70. The van der Waals surface area contributed by atoms with Gasteiger partial charge in [0, 0.05) is 23.0 Å². The molecule has 6 nitrogen and oxygen atoms in total. The summed E-state index contributed by atoms with van der Waals surface area (Å²) in [5.74, 6) is -0.329. The van der Waals surface area contributed by atoms with Gasteiger partial charge in [-0.05, 0) is 42.5 Å². The monoisotopic (exact) mass is 339 g/mol. The molecule has 3 aromatic rings. The van der Waals surface area contributed by atoms with Crippen LogP contribution in [0.5, 0.6) is 0 Å². The zero-order valence-electron chi connectivity index (χ0n) is 13.7. The van der Waals surface area contributed by atoms with Gasteiger partial charge in [0.15, 0.2) is 0 Å². The van der Waals surface area contributed by atoms with Gasteiger partial charge in [-0.1, -0.05) is 12.6 Å². The summed E-state index contributed by atoms with van der Waals surface area (Å²) in [6, 6.07) is 16.4. The van der Waals surface area contributed by atoms with E-state index >= 15 is 0 Å². The number of nitriles is 2. The molecule has 0 aliphatic heterocycles. The van der Waals surface area contributed by atoms with Gasteiger partial charge >= 0.3 is 0 Å². The van der Waals surface area contributed by atoms with E-state index in [1.165, 1.54) is 12.3 Å². The first-order chi connectivity index (χ1) is 12.6. The van der Waals surface area contributed by atoms with E-state index in [0.717, 1.165) is 0 Å². The molecule has 1 heterocycles. The molecule has 1 amide bonds. The Balaban J connectivity index is 2.12. The maximum Gasteiger partial charge on any atom is 0.247 e. The minimum Gasteiger partial charge on any atom is -0.354 e. The van der Waals surface area contributed by atoms with Crippen LogP contribution >= 0.6 is 0 Å². The molecule has 0 unspecified atom stereocenters. The maximum atomic E-state index is 11.5. The molecule has 6 heteroatoms. The lowest BCUT2D eigenvalue weighted by Gasteiger charge is -2.13. The highest BCUT2D eigenvalue weighted by Gasteiger charge is 2.11. The summed E-state index contributed by atoms with van der Waals surface area (Å²) in [5.41, 5.74) is 3.32. The highest BCUT2D eigenvalue weighted by Crippen LogP contribution is 2.31. The predicted molar refractivity (Wildman–Crippen MR) is 99.7 cm³/mol. The summed E-state index contributed by atoms with van der Waals surface area (Å²) >= 11 is 0. The fourth-order valence-electron chi connectivity index (χ4n) is 2.49. The number of fused-ring (bicyclic) bond motifs is 1. The standard InChI is InChI=1S/C20H13N5O/c1-2-19(26)24-16-6-7-18-17(9-16)20(14(11-22)12-23-18)25-15-5-3-4-13(8-15)10-21/h2-9,12H,1H2,(H,23,25)(H,24,26). The Morgan fingerprint density at radius 2 is 1.96 bits per heavy atom. The zero-order chi connectivity index (χ0) is 18.5. The number of carbonyl (C=O) groups is 1. The molecule has 0 aliphatic carbocycles. The lowest BCUT2D eigenvalue weighted by molar-refractivity contribution is -0.111. The summed E-state index contributed by atoms with van der Waals surface area (Å²) in [6.07, 6.45) is 2.67. The van der Waals surface area contributed by atoms with E-state index in [-0.39, 0.29) is 5.91 Å². The fraction of sp³-hybridized carbons (Fsp3) is 0. The van der Waals surface area contributed by atoms with Gasteiger partial charge in [-0.15, -0.1) is 0 Å². The molecule has 0 radical (unpaired) electrons. The van der Waals surface area contributed by atoms with Crippen molar-refractivity contribution in [2.45, 2.75) is 0 Å². The quantitative estimate of drug-likeness (QED) is 0.703. The smallest absolute Gasteiger partial charge is 0.247 e. The van der Waals surface area contributed by atoms with Crippen molar-refractivity contribution in [3.05, 3.63) is 72.4 Å². The molecule has 0 saturated carbocycles. The molecule has 0 atom stereocenters. The number of hydrogen-bond acceptors (Lipinski definition) is 5. The van der Waals surface area contributed by atoms with Crippen LogP contribution in [0.15, 0.2) is 61.3 Å². The number of carbonyl (C=O) groups excluding carboxylic acids is 1. The summed E-state index contributed by atoms with van der Waals surface area (Å²) in [7, 11) is 0. The van der Waals surface area contributed by atoms with E-state index in [2.05, 4.69) is 34.3 Å². The molecular formula is C20H13N5O. The Kier molecular flexibility index (Phi) is 4.60. The first-order valence-electron chi connectivity index (χ1n) is 7.68. The van der Waals surface area contributed by atoms with Crippen LogP contribution in [0.4, 0.5) is 17.1 Å². The van der Waals surface area contributed by atoms with Crippen LogP contribution in [-0.4, -0.2) is 10.9 Å². The predicted octanol–water partition coefficient (Wildman–Crippen LogP) is 3.85. The van der Waals surface area contributed by atoms with E-state index in [0.29, 0.717) is 39.1 Å². The number of hydrogen-bond donors (Lipinski definition) is 2. The number of amides is 1. The van der Waals surface area contributed by atoms with Crippen LogP contribution in [0.1, 0.15) is 11.1 Å². The van der Waals surface area contributed by atoms with Crippen molar-refractivity contribution < 1.29 is 4.79 Å². The van der Waals surface area contributed by atoms with Gasteiger partial charge in [-0.3, -0.25) is 9.78 Å². The second-order valence-corrected chi connectivity index (χ2v) is 5.40. The molecule has 0 fully saturated rings. The van der Waals surface area contributed by atoms with Gasteiger partial charge in [0.2, 0.25) is 5.91 Å². The van der Waals surface area contributed by atoms with E-state index in [1.807, 2.05) is 0 Å². The Morgan fingerprint density at radius 3 is 2.69 bits per heavy atom. The molecule has 0 spiro atoms. The van der Waals surface area contributed by atoms with Gasteiger partial charge in [-0.2, -0.15) is 10.5 Å². The summed E-state index contributed by atoms with van der Waals surface area (Å²) in [5, 5.41) is 25.1. The number of nitrogens with one attached hydrogen (secondary N) is 2. The van der Waals surface area contributed by atoms with Crippen LogP contribution in [0.25, 0.3) is 10.9 Å². The molecule has 0 bridgehead atoms. The van der Waals surface area contributed by atoms with Crippen LogP contribution in [0.3, 0.4) is 0 Å². The number of rotatable bonds is 4. The summed E-state index contributed by atoms with van der Waals surface area (Å²) in [6.45, 7) is 3.43. The van der Waals surface area contributed by atoms with Crippen molar-refractivity contribution in [2.75, 3.05) is 10.6 Å². The Hall–Kier alpha value is -4.16. The average molecular weight is 339 g/mol. The number of aromatic nitrogens is 1. The number of nitrogens with zero attached hydrogens (tertiary/aromatic N) is 3. The lowest BCUT2D eigenvalue weighted by atomic mass is 10.1. The SMILES string of the molecule is C=CC(=O)Nc1ccc2ncc(C#N)c(Nc3cccc(C#N)c3)c2c1. The summed E-state index contributed by atoms with van der Waals surface area (Å²) < 4.78 is 0. The Morgan fingerprint density at radius 1 is 1.12 bits per heavy atom. The molecule has 1 aromatic heterocycles. The molecule has 0 aliphatic rings. The van der Waals surface area contributed by atoms with E-state index in [9.17, 15) is 10.1 Å². The van der Waals surface area contributed by atoms with Gasteiger partial charge in [0.05, 0.1) is 28.4 Å². The molecule has 3 rings (SSSR count). The fourth-order valence-corrected chi connectivity index (χ4v) is 2.49. The van der Waals surface area contributed by atoms with E-state index in [1.54, 1.807) is 42.5 Å². The maximum absolute atomic E-state index is 11.5. The normalized spacial score (nSPS) is 9.77. The first-order valence-corrected chi connectivity index (χ1v) is 7.68. The Bertz CT molecular complexity index is 1110. The third-order valence-electron chi connectivity index (χ3n) is 3.70. The van der Waals surface area contributed by atoms with Crippen LogP contribution in [0.2, 0.25) is 0 Å². The van der Waals surface area contributed by atoms with Crippen molar-refractivity contribution in [2.24, 2.45) is 0 Å². The molecule has 0 saturated heterocycles. The molecule has 26 heavy (non-hydrogen) atoms. The highest BCUT2D eigenvalue weighted by molar-refractivity contribution is 6.02. The zero-order valence-corrected chi connectivity index (χ0v) is 13.7. The number of anilines is 3. The van der Waals surface area contributed by atoms with Crippen LogP contribution < -0.4 is 10.6 Å². The number of pyridine rings is 1. The van der Waals surface area contributed by atoms with Gasteiger partial charge in [-0.25, -0.2) is 0 Å². The van der Waals surface area contributed by atoms with Gasteiger partial charge in [0.1, 0.15) is 6.07 Å². The van der Waals surface area contributed by atoms with Crippen molar-refractivity contribution in [1.82, 2.24) is 4.98 Å². The Labute approximate surface area is 150 Å². The van der Waals surface area contributed by atoms with E-state index in [4.69, 9.17) is 5.26 Å². The molecule has 2 N–H and O–H groups in total. The van der Waals surface area contributed by atoms with Crippen molar-refractivity contribution in [3.8, 4) is 12.1 Å². The van der Waals surface area contributed by atoms with Gasteiger partial charge in [0.25, 0.3) is 0 Å². The minimum absolute atomic E-state index is 0.329. The van der Waals surface area contributed by atoms with Gasteiger partial charge < -0.3 is 10.6 Å². The molecule has 124 valence electrons. The largest absolute Gasteiger partial charge is 0.354 e. The molecular weight excluding hydrogens is 326 g/mol. The number of benzene rings is 2. The molecule has 2 aromatic carbocycles. The lowest BCUT2D eigenvalue weighted by Crippen LogP contribution is -2.07. The topological polar surface area (TPSA) is 102 Å². The highest BCUT2D eigenvalue weighted by atomic mass is 16.1. The third kappa shape index (κ3) is 3.35. The minimum atomic E-state index is -0.329. The van der Waals surface area contributed by atoms with Crippen LogP contribution in [-0.2, 0) is 4.79 Å². The van der Waals surface area contributed by atoms with Crippen molar-refractivity contribution in [1.29, 1.82) is 10.5 Å². The average Bonchev–Trinajstić information content (AvgIpc) is 2.68. The second-order valence-electron chi connectivity index (χ2n) is 5.40. The second kappa shape index (κ2) is 7.16. The van der Waals surface area contributed by atoms with Crippen molar-refractivity contribution in [3.63, 3.8) is 0 Å². The van der Waals surface area contributed by atoms with Crippen LogP contribution in [0, 0.1) is 22.7 Å². The van der Waals surface area contributed by atoms with E-state index < -0.39 is 0 Å². The first kappa shape index (κ1) is 16.7. The van der Waals surface area contributed by atoms with Crippen molar-refractivity contribution >= 4 is 33.9 Å². The summed E-state index contributed by atoms with van der Waals surface area (Å²) in [4.78, 5) is 15.8.